The fourth-order valence-electron chi connectivity index (χ4n) is 6.39. The van der Waals surface area contributed by atoms with Gasteiger partial charge in [0.2, 0.25) is 17.7 Å². The van der Waals surface area contributed by atoms with Gasteiger partial charge in [0.25, 0.3) is 5.91 Å². The Morgan fingerprint density at radius 3 is 2.13 bits per heavy atom. The zero-order valence-corrected chi connectivity index (χ0v) is 23.6. The molecule has 2 atom stereocenters. The number of carbonyl (C=O) groups is 4. The van der Waals surface area contributed by atoms with Gasteiger partial charge in [-0.05, 0) is 49.4 Å². The first-order valence-corrected chi connectivity index (χ1v) is 14.7. The van der Waals surface area contributed by atoms with Crippen LogP contribution >= 0.6 is 0 Å². The number of rotatable bonds is 8. The molecule has 2 saturated carbocycles. The summed E-state index contributed by atoms with van der Waals surface area (Å²) in [6.07, 6.45) is 10.9. The van der Waals surface area contributed by atoms with Crippen molar-refractivity contribution in [2.24, 2.45) is 17.6 Å². The molecular formula is C30H45N5O4. The van der Waals surface area contributed by atoms with Gasteiger partial charge in [-0.2, -0.15) is 0 Å². The zero-order chi connectivity index (χ0) is 27.9. The summed E-state index contributed by atoms with van der Waals surface area (Å²) in [5.41, 5.74) is 7.25. The van der Waals surface area contributed by atoms with Crippen LogP contribution in [0.3, 0.4) is 0 Å². The van der Waals surface area contributed by atoms with Gasteiger partial charge in [-0.25, -0.2) is 0 Å². The number of hydrogen-bond donors (Lipinski definition) is 2. The maximum Gasteiger partial charge on any atom is 0.254 e. The third kappa shape index (κ3) is 7.31. The number of nitrogens with one attached hydrogen (secondary N) is 1. The Hall–Kier alpha value is -3.10. The van der Waals surface area contributed by atoms with Gasteiger partial charge in [0.15, 0.2) is 0 Å². The number of carbonyl (C=O) groups excluding carboxylic acids is 4. The summed E-state index contributed by atoms with van der Waals surface area (Å²) in [7, 11) is 3.88. The lowest BCUT2D eigenvalue weighted by atomic mass is 9.84. The van der Waals surface area contributed by atoms with E-state index >= 15 is 0 Å². The topological polar surface area (TPSA) is 116 Å². The molecular weight excluding hydrogens is 494 g/mol. The minimum atomic E-state index is -0.855. The molecule has 0 spiro atoms. The smallest absolute Gasteiger partial charge is 0.254 e. The first-order chi connectivity index (χ1) is 18.7. The van der Waals surface area contributed by atoms with E-state index in [1.54, 1.807) is 21.9 Å². The standard InChI is InChI=1S/C30H45N5O4/c1-33(2)24-15-13-23(14-16-24)29(38)34-17-18-35(30(39)22-11-7-4-8-12-22)26(20-34)28(37)32-25(27(31)36)19-21-9-5-3-6-10-21/h13-16,21-22,25-26H,3-12,17-20H2,1-2H3,(H2,31,36)(H,32,37). The van der Waals surface area contributed by atoms with Crippen molar-refractivity contribution in [3.05, 3.63) is 29.8 Å². The van der Waals surface area contributed by atoms with E-state index in [1.165, 1.54) is 6.42 Å². The monoisotopic (exact) mass is 539 g/mol. The SMILES string of the molecule is CN(C)c1ccc(C(=O)N2CCN(C(=O)C3CCCCC3)C(C(=O)NC(CC3CCCCC3)C(N)=O)C2)cc1. The molecule has 214 valence electrons. The van der Waals surface area contributed by atoms with Crippen molar-refractivity contribution in [2.45, 2.75) is 82.7 Å². The number of amides is 4. The van der Waals surface area contributed by atoms with E-state index in [0.29, 0.717) is 31.0 Å². The van der Waals surface area contributed by atoms with Gasteiger partial charge in [-0.3, -0.25) is 19.2 Å². The molecule has 1 aromatic carbocycles. The number of primary amides is 1. The van der Waals surface area contributed by atoms with Crippen molar-refractivity contribution in [3.63, 3.8) is 0 Å². The Morgan fingerprint density at radius 1 is 0.923 bits per heavy atom. The molecule has 1 aromatic rings. The third-order valence-corrected chi connectivity index (χ3v) is 8.79. The molecule has 3 aliphatic rings. The lowest BCUT2D eigenvalue weighted by molar-refractivity contribution is -0.147. The Labute approximate surface area is 232 Å². The highest BCUT2D eigenvalue weighted by atomic mass is 16.2. The minimum Gasteiger partial charge on any atom is -0.378 e. The molecule has 2 aliphatic carbocycles. The number of benzene rings is 1. The van der Waals surface area contributed by atoms with Crippen LogP contribution in [0.15, 0.2) is 24.3 Å². The third-order valence-electron chi connectivity index (χ3n) is 8.79. The van der Waals surface area contributed by atoms with Gasteiger partial charge in [0.1, 0.15) is 12.1 Å². The Morgan fingerprint density at radius 2 is 1.54 bits per heavy atom. The van der Waals surface area contributed by atoms with Crippen molar-refractivity contribution >= 4 is 29.3 Å². The maximum atomic E-state index is 13.7. The Bertz CT molecular complexity index is 1010. The summed E-state index contributed by atoms with van der Waals surface area (Å²) in [6, 6.07) is 5.73. The fraction of sp³-hybridized carbons (Fsp3) is 0.667. The maximum absolute atomic E-state index is 13.7. The number of nitrogens with zero attached hydrogens (tertiary/aromatic N) is 3. The second kappa shape index (κ2) is 13.3. The highest BCUT2D eigenvalue weighted by Gasteiger charge is 2.40. The number of piperazine rings is 1. The van der Waals surface area contributed by atoms with Gasteiger partial charge >= 0.3 is 0 Å². The van der Waals surface area contributed by atoms with E-state index in [4.69, 9.17) is 5.73 Å². The summed E-state index contributed by atoms with van der Waals surface area (Å²) in [5, 5.41) is 2.89. The molecule has 2 unspecified atom stereocenters. The van der Waals surface area contributed by atoms with Crippen LogP contribution in [0, 0.1) is 11.8 Å². The first-order valence-electron chi connectivity index (χ1n) is 14.7. The predicted octanol–water partition coefficient (Wildman–Crippen LogP) is 2.93. The molecule has 9 nitrogen and oxygen atoms in total. The molecule has 3 fully saturated rings. The van der Waals surface area contributed by atoms with Gasteiger partial charge in [-0.15, -0.1) is 0 Å². The molecule has 4 amide bonds. The fourth-order valence-corrected chi connectivity index (χ4v) is 6.39. The van der Waals surface area contributed by atoms with E-state index in [-0.39, 0.29) is 24.3 Å². The van der Waals surface area contributed by atoms with Crippen LogP contribution in [0.2, 0.25) is 0 Å². The second-order valence-corrected chi connectivity index (χ2v) is 11.8. The first kappa shape index (κ1) is 28.9. The summed E-state index contributed by atoms with van der Waals surface area (Å²) in [5.74, 6) is -0.880. The Balaban J connectivity index is 1.51. The van der Waals surface area contributed by atoms with Crippen LogP contribution < -0.4 is 16.0 Å². The largest absolute Gasteiger partial charge is 0.378 e. The van der Waals surface area contributed by atoms with Crippen LogP contribution in [0.4, 0.5) is 5.69 Å². The average Bonchev–Trinajstić information content (AvgIpc) is 2.96. The molecule has 1 aliphatic heterocycles. The molecule has 39 heavy (non-hydrogen) atoms. The number of anilines is 1. The Kier molecular flexibility index (Phi) is 9.86. The highest BCUT2D eigenvalue weighted by Crippen LogP contribution is 2.29. The van der Waals surface area contributed by atoms with Crippen molar-refractivity contribution in [1.82, 2.24) is 15.1 Å². The summed E-state index contributed by atoms with van der Waals surface area (Å²) >= 11 is 0. The van der Waals surface area contributed by atoms with E-state index in [2.05, 4.69) is 5.32 Å². The molecule has 1 heterocycles. The molecule has 0 aromatic heterocycles. The van der Waals surface area contributed by atoms with Gasteiger partial charge in [-0.1, -0.05) is 51.4 Å². The van der Waals surface area contributed by atoms with E-state index in [9.17, 15) is 19.2 Å². The molecule has 0 bridgehead atoms. The number of hydrogen-bond acceptors (Lipinski definition) is 5. The van der Waals surface area contributed by atoms with E-state index < -0.39 is 23.9 Å². The molecule has 3 N–H and O–H groups in total. The summed E-state index contributed by atoms with van der Waals surface area (Å²) < 4.78 is 0. The van der Waals surface area contributed by atoms with Crippen molar-refractivity contribution in [2.75, 3.05) is 38.6 Å². The molecule has 4 rings (SSSR count). The quantitative estimate of drug-likeness (QED) is 0.527. The van der Waals surface area contributed by atoms with E-state index in [1.807, 2.05) is 31.1 Å². The zero-order valence-electron chi connectivity index (χ0n) is 23.6. The summed E-state index contributed by atoms with van der Waals surface area (Å²) in [6.45, 7) is 0.740. The van der Waals surface area contributed by atoms with E-state index in [0.717, 1.165) is 63.5 Å². The number of nitrogens with two attached hydrogens (primary N) is 1. The minimum absolute atomic E-state index is 0.0137. The van der Waals surface area contributed by atoms with Gasteiger partial charge in [0.05, 0.1) is 6.54 Å². The van der Waals surface area contributed by atoms with Crippen LogP contribution in [0.25, 0.3) is 0 Å². The van der Waals surface area contributed by atoms with Gasteiger partial charge in [0, 0.05) is 44.4 Å². The second-order valence-electron chi connectivity index (χ2n) is 11.8. The van der Waals surface area contributed by atoms with Gasteiger partial charge < -0.3 is 25.8 Å². The molecule has 1 saturated heterocycles. The van der Waals surface area contributed by atoms with Crippen molar-refractivity contribution in [1.29, 1.82) is 0 Å². The van der Waals surface area contributed by atoms with Crippen molar-refractivity contribution in [3.8, 4) is 0 Å². The molecule has 0 radical (unpaired) electrons. The predicted molar refractivity (Wildman–Crippen MR) is 151 cm³/mol. The lowest BCUT2D eigenvalue weighted by Crippen LogP contribution is -2.64. The summed E-state index contributed by atoms with van der Waals surface area (Å²) in [4.78, 5) is 58.4. The highest BCUT2D eigenvalue weighted by molar-refractivity contribution is 5.97. The lowest BCUT2D eigenvalue weighted by Gasteiger charge is -2.42. The van der Waals surface area contributed by atoms with Crippen LogP contribution in [-0.4, -0.2) is 79.2 Å². The van der Waals surface area contributed by atoms with Crippen LogP contribution in [-0.2, 0) is 14.4 Å². The molecule has 9 heteroatoms. The normalized spacial score (nSPS) is 21.7. The van der Waals surface area contributed by atoms with Crippen LogP contribution in [0.5, 0.6) is 0 Å². The average molecular weight is 540 g/mol. The van der Waals surface area contributed by atoms with Crippen LogP contribution in [0.1, 0.15) is 81.0 Å². The van der Waals surface area contributed by atoms with Crippen molar-refractivity contribution < 1.29 is 19.2 Å².